The highest BCUT2D eigenvalue weighted by molar-refractivity contribution is 7.89. The molecule has 1 saturated carbocycles. The third-order valence-corrected chi connectivity index (χ3v) is 6.30. The SMILES string of the molecule is O=C(CNc1cccc(S(=O)(=O)N2CCCCC2)c1)NC(=O)NC1CC1. The van der Waals surface area contributed by atoms with E-state index < -0.39 is 22.0 Å². The number of carbonyl (C=O) groups is 2. The summed E-state index contributed by atoms with van der Waals surface area (Å²) in [6, 6.07) is 6.07. The summed E-state index contributed by atoms with van der Waals surface area (Å²) in [5.74, 6) is -0.479. The molecule has 3 amide bonds. The molecule has 26 heavy (non-hydrogen) atoms. The predicted octanol–water partition coefficient (Wildman–Crippen LogP) is 1.26. The van der Waals surface area contributed by atoms with Crippen LogP contribution in [0.1, 0.15) is 32.1 Å². The van der Waals surface area contributed by atoms with Crippen LogP contribution < -0.4 is 16.0 Å². The van der Waals surface area contributed by atoms with Crippen LogP contribution in [0.4, 0.5) is 10.5 Å². The fourth-order valence-corrected chi connectivity index (χ4v) is 4.39. The van der Waals surface area contributed by atoms with Crippen LogP contribution in [0.5, 0.6) is 0 Å². The van der Waals surface area contributed by atoms with E-state index in [1.165, 1.54) is 10.4 Å². The Morgan fingerprint density at radius 1 is 1.12 bits per heavy atom. The molecule has 0 atom stereocenters. The molecule has 0 bridgehead atoms. The Hall–Kier alpha value is -2.13. The minimum Gasteiger partial charge on any atom is -0.376 e. The van der Waals surface area contributed by atoms with Crippen LogP contribution in [0.3, 0.4) is 0 Å². The standard InChI is InChI=1S/C17H24N4O4S/c22-16(20-17(23)19-13-7-8-13)12-18-14-5-4-6-15(11-14)26(24,25)21-9-2-1-3-10-21/h4-6,11,13,18H,1-3,7-10,12H2,(H2,19,20,22,23). The van der Waals surface area contributed by atoms with Crippen molar-refractivity contribution in [3.63, 3.8) is 0 Å². The van der Waals surface area contributed by atoms with Gasteiger partial charge in [-0.2, -0.15) is 4.31 Å². The first-order valence-corrected chi connectivity index (χ1v) is 10.3. The minimum absolute atomic E-state index is 0.120. The van der Waals surface area contributed by atoms with Crippen LogP contribution in [-0.4, -0.2) is 50.3 Å². The number of sulfonamides is 1. The molecule has 142 valence electrons. The number of anilines is 1. The van der Waals surface area contributed by atoms with Crippen LogP contribution >= 0.6 is 0 Å². The van der Waals surface area contributed by atoms with Crippen LogP contribution in [0.2, 0.25) is 0 Å². The number of imide groups is 1. The predicted molar refractivity (Wildman–Crippen MR) is 97.2 cm³/mol. The number of nitrogens with one attached hydrogen (secondary N) is 3. The normalized spacial score (nSPS) is 18.2. The molecule has 3 rings (SSSR count). The lowest BCUT2D eigenvalue weighted by atomic mass is 10.2. The molecule has 0 unspecified atom stereocenters. The summed E-state index contributed by atoms with van der Waals surface area (Å²) in [5, 5.41) is 7.76. The smallest absolute Gasteiger partial charge is 0.321 e. The van der Waals surface area contributed by atoms with Crippen LogP contribution in [0.15, 0.2) is 29.2 Å². The number of nitrogens with zero attached hydrogens (tertiary/aromatic N) is 1. The molecule has 1 aliphatic carbocycles. The summed E-state index contributed by atoms with van der Waals surface area (Å²) >= 11 is 0. The van der Waals surface area contributed by atoms with Gasteiger partial charge in [0.25, 0.3) is 0 Å². The molecule has 1 heterocycles. The first kappa shape index (κ1) is 18.7. The maximum absolute atomic E-state index is 12.7. The summed E-state index contributed by atoms with van der Waals surface area (Å²) in [5.41, 5.74) is 0.515. The average molecular weight is 380 g/mol. The van der Waals surface area contributed by atoms with Crippen molar-refractivity contribution in [2.45, 2.75) is 43.0 Å². The summed E-state index contributed by atoms with van der Waals surface area (Å²) in [6.07, 6.45) is 4.69. The lowest BCUT2D eigenvalue weighted by Gasteiger charge is -2.26. The van der Waals surface area contributed by atoms with E-state index in [9.17, 15) is 18.0 Å². The lowest BCUT2D eigenvalue weighted by Crippen LogP contribution is -2.42. The van der Waals surface area contributed by atoms with Gasteiger partial charge in [-0.1, -0.05) is 12.5 Å². The van der Waals surface area contributed by atoms with E-state index in [2.05, 4.69) is 16.0 Å². The van der Waals surface area contributed by atoms with Crippen LogP contribution in [-0.2, 0) is 14.8 Å². The molecule has 1 saturated heterocycles. The number of amides is 3. The number of hydrogen-bond acceptors (Lipinski definition) is 5. The monoisotopic (exact) mass is 380 g/mol. The molecule has 1 aliphatic heterocycles. The maximum atomic E-state index is 12.7. The van der Waals surface area contributed by atoms with E-state index in [0.29, 0.717) is 18.8 Å². The Bertz CT molecular complexity index is 771. The highest BCUT2D eigenvalue weighted by Gasteiger charge is 2.26. The molecule has 9 heteroatoms. The average Bonchev–Trinajstić information content (AvgIpc) is 3.45. The second kappa shape index (κ2) is 8.05. The minimum atomic E-state index is -3.52. The highest BCUT2D eigenvalue weighted by atomic mass is 32.2. The molecule has 2 fully saturated rings. The Morgan fingerprint density at radius 3 is 2.54 bits per heavy atom. The third kappa shape index (κ3) is 4.95. The second-order valence-electron chi connectivity index (χ2n) is 6.64. The van der Waals surface area contributed by atoms with Gasteiger partial charge >= 0.3 is 6.03 Å². The molecule has 1 aromatic carbocycles. The summed E-state index contributed by atoms with van der Waals surface area (Å²) < 4.78 is 26.9. The first-order chi connectivity index (χ1) is 12.4. The molecule has 0 aromatic heterocycles. The van der Waals surface area contributed by atoms with Crippen LogP contribution in [0.25, 0.3) is 0 Å². The quantitative estimate of drug-likeness (QED) is 0.689. The molecule has 8 nitrogen and oxygen atoms in total. The zero-order valence-corrected chi connectivity index (χ0v) is 15.3. The molecule has 3 N–H and O–H groups in total. The topological polar surface area (TPSA) is 108 Å². The Kier molecular flexibility index (Phi) is 5.77. The zero-order chi connectivity index (χ0) is 18.6. The Morgan fingerprint density at radius 2 is 1.85 bits per heavy atom. The first-order valence-electron chi connectivity index (χ1n) is 8.89. The number of urea groups is 1. The number of hydrogen-bond donors (Lipinski definition) is 3. The Balaban J connectivity index is 1.56. The van der Waals surface area contributed by atoms with E-state index in [4.69, 9.17) is 0 Å². The Labute approximate surface area is 153 Å². The van der Waals surface area contributed by atoms with Gasteiger partial charge in [0.1, 0.15) is 0 Å². The van der Waals surface area contributed by atoms with Gasteiger partial charge in [0.15, 0.2) is 0 Å². The third-order valence-electron chi connectivity index (χ3n) is 4.41. The van der Waals surface area contributed by atoms with E-state index in [1.807, 2.05) is 0 Å². The van der Waals surface area contributed by atoms with Crippen molar-refractivity contribution in [3.8, 4) is 0 Å². The van der Waals surface area contributed by atoms with Crippen molar-refractivity contribution in [1.82, 2.24) is 14.9 Å². The van der Waals surface area contributed by atoms with Gasteiger partial charge < -0.3 is 10.6 Å². The largest absolute Gasteiger partial charge is 0.376 e. The van der Waals surface area contributed by atoms with Gasteiger partial charge in [-0.05, 0) is 43.9 Å². The van der Waals surface area contributed by atoms with Gasteiger partial charge in [-0.15, -0.1) is 0 Å². The van der Waals surface area contributed by atoms with Gasteiger partial charge in [0.05, 0.1) is 11.4 Å². The van der Waals surface area contributed by atoms with E-state index in [0.717, 1.165) is 32.1 Å². The van der Waals surface area contributed by atoms with Gasteiger partial charge in [-0.25, -0.2) is 13.2 Å². The van der Waals surface area contributed by atoms with Gasteiger partial charge in [-0.3, -0.25) is 10.1 Å². The zero-order valence-electron chi connectivity index (χ0n) is 14.5. The highest BCUT2D eigenvalue weighted by Crippen LogP contribution is 2.22. The summed E-state index contributed by atoms with van der Waals surface area (Å²) in [7, 11) is -3.52. The van der Waals surface area contributed by atoms with E-state index in [1.54, 1.807) is 18.2 Å². The van der Waals surface area contributed by atoms with Gasteiger partial charge in [0, 0.05) is 24.8 Å². The van der Waals surface area contributed by atoms with Gasteiger partial charge in [0.2, 0.25) is 15.9 Å². The number of benzene rings is 1. The molecule has 0 spiro atoms. The molecule has 1 aromatic rings. The maximum Gasteiger partial charge on any atom is 0.321 e. The van der Waals surface area contributed by atoms with E-state index >= 15 is 0 Å². The fraction of sp³-hybridized carbons (Fsp3) is 0.529. The molecule has 0 radical (unpaired) electrons. The fourth-order valence-electron chi connectivity index (χ4n) is 2.82. The number of piperidine rings is 1. The number of rotatable bonds is 6. The second-order valence-corrected chi connectivity index (χ2v) is 8.58. The van der Waals surface area contributed by atoms with Crippen molar-refractivity contribution >= 4 is 27.6 Å². The number of carbonyl (C=O) groups excluding carboxylic acids is 2. The molecular weight excluding hydrogens is 356 g/mol. The molecular formula is C17H24N4O4S. The van der Waals surface area contributed by atoms with Crippen LogP contribution in [0, 0.1) is 0 Å². The van der Waals surface area contributed by atoms with E-state index in [-0.39, 0.29) is 17.5 Å². The summed E-state index contributed by atoms with van der Waals surface area (Å²) in [4.78, 5) is 23.5. The van der Waals surface area contributed by atoms with Crippen molar-refractivity contribution in [2.24, 2.45) is 0 Å². The van der Waals surface area contributed by atoms with Crippen molar-refractivity contribution in [2.75, 3.05) is 25.0 Å². The van der Waals surface area contributed by atoms with Crippen molar-refractivity contribution < 1.29 is 18.0 Å². The van der Waals surface area contributed by atoms with Crippen molar-refractivity contribution in [1.29, 1.82) is 0 Å². The summed E-state index contributed by atoms with van der Waals surface area (Å²) in [6.45, 7) is 0.961. The molecule has 2 aliphatic rings. The van der Waals surface area contributed by atoms with Crippen molar-refractivity contribution in [3.05, 3.63) is 24.3 Å². The lowest BCUT2D eigenvalue weighted by molar-refractivity contribution is -0.118.